The molecule has 0 saturated heterocycles. The van der Waals surface area contributed by atoms with Crippen LogP contribution in [0.25, 0.3) is 0 Å². The third-order valence-corrected chi connectivity index (χ3v) is 4.05. The molecule has 0 aliphatic rings. The Morgan fingerprint density at radius 2 is 1.91 bits per heavy atom. The lowest BCUT2D eigenvalue weighted by molar-refractivity contribution is -0.137. The number of thiocarbonyl (C=S) groups is 1. The number of thioether (sulfide) groups is 1. The minimum Gasteiger partial charge on any atom is -0.468 e. The van der Waals surface area contributed by atoms with Crippen LogP contribution in [0.15, 0.2) is 47.1 Å². The second-order valence-corrected chi connectivity index (χ2v) is 6.10. The van der Waals surface area contributed by atoms with Gasteiger partial charge in [-0.1, -0.05) is 0 Å². The van der Waals surface area contributed by atoms with Gasteiger partial charge >= 0.3 is 6.18 Å². The normalized spacial score (nSPS) is 11.3. The van der Waals surface area contributed by atoms with E-state index in [1.807, 2.05) is 12.1 Å². The van der Waals surface area contributed by atoms with Crippen molar-refractivity contribution in [2.45, 2.75) is 11.9 Å². The van der Waals surface area contributed by atoms with Gasteiger partial charge in [0.25, 0.3) is 0 Å². The lowest BCUT2D eigenvalue weighted by atomic mass is 10.2. The maximum Gasteiger partial charge on any atom is 0.416 e. The molecule has 2 aromatic rings. The van der Waals surface area contributed by atoms with E-state index < -0.39 is 11.7 Å². The number of hydrogen-bond acceptors (Lipinski definition) is 3. The van der Waals surface area contributed by atoms with E-state index >= 15 is 0 Å². The summed E-state index contributed by atoms with van der Waals surface area (Å²) in [4.78, 5) is 0. The Kier molecular flexibility index (Phi) is 6.35. The summed E-state index contributed by atoms with van der Waals surface area (Å²) < 4.78 is 42.6. The fourth-order valence-electron chi connectivity index (χ4n) is 1.72. The fraction of sp³-hybridized carbons (Fsp3) is 0.267. The molecule has 0 radical (unpaired) electrons. The molecule has 0 unspecified atom stereocenters. The molecule has 2 rings (SSSR count). The van der Waals surface area contributed by atoms with E-state index in [0.717, 1.165) is 29.4 Å². The van der Waals surface area contributed by atoms with E-state index in [1.165, 1.54) is 12.1 Å². The Balaban J connectivity index is 1.66. The maximum absolute atomic E-state index is 12.5. The molecule has 3 nitrogen and oxygen atoms in total. The van der Waals surface area contributed by atoms with E-state index in [-0.39, 0.29) is 0 Å². The summed E-state index contributed by atoms with van der Waals surface area (Å²) in [7, 11) is 0. The summed E-state index contributed by atoms with van der Waals surface area (Å²) >= 11 is 6.79. The van der Waals surface area contributed by atoms with Gasteiger partial charge in [-0.05, 0) is 48.6 Å². The van der Waals surface area contributed by atoms with E-state index in [1.54, 1.807) is 18.0 Å². The van der Waals surface area contributed by atoms with Crippen LogP contribution in [0.2, 0.25) is 0 Å². The van der Waals surface area contributed by atoms with Crippen LogP contribution in [-0.2, 0) is 11.9 Å². The predicted octanol–water partition coefficient (Wildman–Crippen LogP) is 4.52. The van der Waals surface area contributed by atoms with Crippen molar-refractivity contribution in [1.82, 2.24) is 5.32 Å². The summed E-state index contributed by atoms with van der Waals surface area (Å²) in [6.07, 6.45) is -2.69. The number of benzene rings is 1. The highest BCUT2D eigenvalue weighted by Gasteiger charge is 2.29. The van der Waals surface area contributed by atoms with Gasteiger partial charge in [0.05, 0.1) is 17.6 Å². The first kappa shape index (κ1) is 17.7. The molecule has 0 saturated carbocycles. The molecule has 1 aromatic heterocycles. The van der Waals surface area contributed by atoms with Crippen LogP contribution in [-0.4, -0.2) is 17.4 Å². The average molecular weight is 360 g/mol. The van der Waals surface area contributed by atoms with Crippen LogP contribution >= 0.6 is 24.0 Å². The number of halogens is 3. The van der Waals surface area contributed by atoms with Crippen LogP contribution in [0.4, 0.5) is 18.9 Å². The second-order valence-electron chi connectivity index (χ2n) is 4.59. The van der Waals surface area contributed by atoms with Crippen molar-refractivity contribution >= 4 is 34.8 Å². The Labute approximate surface area is 141 Å². The zero-order chi connectivity index (χ0) is 16.7. The lowest BCUT2D eigenvalue weighted by Gasteiger charge is -2.11. The molecule has 0 fully saturated rings. The number of anilines is 1. The number of alkyl halides is 3. The first-order chi connectivity index (χ1) is 10.9. The van der Waals surface area contributed by atoms with E-state index in [0.29, 0.717) is 17.3 Å². The Bertz CT molecular complexity index is 613. The predicted molar refractivity (Wildman–Crippen MR) is 90.5 cm³/mol. The average Bonchev–Trinajstić information content (AvgIpc) is 3.00. The molecule has 23 heavy (non-hydrogen) atoms. The quantitative estimate of drug-likeness (QED) is 0.585. The molecular weight excluding hydrogens is 345 g/mol. The van der Waals surface area contributed by atoms with E-state index in [9.17, 15) is 13.2 Å². The molecule has 1 aromatic carbocycles. The Morgan fingerprint density at radius 1 is 1.17 bits per heavy atom. The van der Waals surface area contributed by atoms with Crippen LogP contribution in [0.5, 0.6) is 0 Å². The molecule has 0 bridgehead atoms. The number of rotatable bonds is 6. The van der Waals surface area contributed by atoms with Gasteiger partial charge in [0.1, 0.15) is 5.76 Å². The minimum atomic E-state index is -4.33. The molecule has 0 amide bonds. The molecule has 0 aliphatic carbocycles. The summed E-state index contributed by atoms with van der Waals surface area (Å²) in [6.45, 7) is 0.651. The van der Waals surface area contributed by atoms with E-state index in [4.69, 9.17) is 16.6 Å². The highest BCUT2D eigenvalue weighted by atomic mass is 32.2. The topological polar surface area (TPSA) is 37.2 Å². The maximum atomic E-state index is 12.5. The number of hydrogen-bond donors (Lipinski definition) is 2. The SMILES string of the molecule is FC(F)(F)c1ccc(NC(=S)NCCSCc2ccco2)cc1. The second kappa shape index (κ2) is 8.26. The molecular formula is C15H15F3N2OS2. The Morgan fingerprint density at radius 3 is 2.52 bits per heavy atom. The van der Waals surface area contributed by atoms with Crippen molar-refractivity contribution in [3.63, 3.8) is 0 Å². The number of furan rings is 1. The van der Waals surface area contributed by atoms with Crippen molar-refractivity contribution in [1.29, 1.82) is 0 Å². The standard InChI is InChI=1S/C15H15F3N2OS2/c16-15(17,18)11-3-5-12(6-4-11)20-14(22)19-7-9-23-10-13-2-1-8-21-13/h1-6,8H,7,9-10H2,(H2,19,20,22). The summed E-state index contributed by atoms with van der Waals surface area (Å²) in [5.41, 5.74) is -0.171. The Hall–Kier alpha value is -1.67. The zero-order valence-electron chi connectivity index (χ0n) is 12.0. The van der Waals surface area contributed by atoms with Crippen molar-refractivity contribution in [3.8, 4) is 0 Å². The van der Waals surface area contributed by atoms with Gasteiger partial charge in [-0.15, -0.1) is 0 Å². The molecule has 2 N–H and O–H groups in total. The first-order valence-corrected chi connectivity index (χ1v) is 8.34. The number of nitrogens with one attached hydrogen (secondary N) is 2. The van der Waals surface area contributed by atoms with Crippen molar-refractivity contribution in [2.75, 3.05) is 17.6 Å². The van der Waals surface area contributed by atoms with Gasteiger partial charge in [-0.25, -0.2) is 0 Å². The molecule has 0 aliphatic heterocycles. The van der Waals surface area contributed by atoms with Gasteiger partial charge in [-0.3, -0.25) is 0 Å². The first-order valence-electron chi connectivity index (χ1n) is 6.77. The highest BCUT2D eigenvalue weighted by Crippen LogP contribution is 2.29. The van der Waals surface area contributed by atoms with E-state index in [2.05, 4.69) is 10.6 Å². The molecule has 124 valence electrons. The van der Waals surface area contributed by atoms with Crippen LogP contribution in [0.1, 0.15) is 11.3 Å². The van der Waals surface area contributed by atoms with Gasteiger partial charge in [0.2, 0.25) is 0 Å². The largest absolute Gasteiger partial charge is 0.468 e. The van der Waals surface area contributed by atoms with Crippen LogP contribution in [0.3, 0.4) is 0 Å². The van der Waals surface area contributed by atoms with Gasteiger partial charge in [0, 0.05) is 18.0 Å². The summed E-state index contributed by atoms with van der Waals surface area (Å²) in [5, 5.41) is 6.23. The van der Waals surface area contributed by atoms with Gasteiger partial charge < -0.3 is 15.1 Å². The lowest BCUT2D eigenvalue weighted by Crippen LogP contribution is -2.30. The molecule has 8 heteroatoms. The van der Waals surface area contributed by atoms with Crippen LogP contribution < -0.4 is 10.6 Å². The van der Waals surface area contributed by atoms with Gasteiger partial charge in [0.15, 0.2) is 5.11 Å². The summed E-state index contributed by atoms with van der Waals surface area (Å²) in [6, 6.07) is 8.49. The highest BCUT2D eigenvalue weighted by molar-refractivity contribution is 7.98. The zero-order valence-corrected chi connectivity index (χ0v) is 13.7. The fourth-order valence-corrected chi connectivity index (χ4v) is 2.70. The molecule has 1 heterocycles. The molecule has 0 atom stereocenters. The monoisotopic (exact) mass is 360 g/mol. The van der Waals surface area contributed by atoms with Gasteiger partial charge in [-0.2, -0.15) is 24.9 Å². The minimum absolute atomic E-state index is 0.378. The van der Waals surface area contributed by atoms with Crippen molar-refractivity contribution < 1.29 is 17.6 Å². The van der Waals surface area contributed by atoms with Crippen molar-refractivity contribution in [3.05, 3.63) is 54.0 Å². The summed E-state index contributed by atoms with van der Waals surface area (Å²) in [5.74, 6) is 2.53. The molecule has 0 spiro atoms. The smallest absolute Gasteiger partial charge is 0.416 e. The third kappa shape index (κ3) is 6.15. The van der Waals surface area contributed by atoms with Crippen LogP contribution in [0, 0.1) is 0 Å². The third-order valence-electron chi connectivity index (χ3n) is 2.83. The van der Waals surface area contributed by atoms with Crippen molar-refractivity contribution in [2.24, 2.45) is 0 Å².